The molecule has 0 fully saturated rings. The largest absolute Gasteiger partial charge is 0.288 e. The first-order valence-corrected chi connectivity index (χ1v) is 6.11. The number of halogens is 4. The van der Waals surface area contributed by atoms with Crippen molar-refractivity contribution in [1.82, 2.24) is 0 Å². The highest BCUT2D eigenvalue weighted by Gasteiger charge is 2.17. The van der Waals surface area contributed by atoms with Crippen LogP contribution in [0.4, 0.5) is 8.78 Å². The van der Waals surface area contributed by atoms with Gasteiger partial charge in [-0.1, -0.05) is 17.7 Å². The third-order valence-electron chi connectivity index (χ3n) is 2.38. The molecule has 18 heavy (non-hydrogen) atoms. The van der Waals surface area contributed by atoms with Crippen LogP contribution in [0, 0.1) is 11.6 Å². The van der Waals surface area contributed by atoms with Crippen LogP contribution in [0.3, 0.4) is 0 Å². The Morgan fingerprint density at radius 1 is 1.17 bits per heavy atom. The van der Waals surface area contributed by atoms with Gasteiger partial charge in [0, 0.05) is 10.0 Å². The van der Waals surface area contributed by atoms with Gasteiger partial charge in [-0.05, 0) is 46.3 Å². The molecule has 1 nitrogen and oxygen atoms in total. The van der Waals surface area contributed by atoms with Crippen molar-refractivity contribution in [3.8, 4) is 0 Å². The van der Waals surface area contributed by atoms with Gasteiger partial charge in [0.15, 0.2) is 17.4 Å². The molecule has 0 aromatic heterocycles. The Labute approximate surface area is 116 Å². The van der Waals surface area contributed by atoms with Crippen molar-refractivity contribution in [2.45, 2.75) is 0 Å². The van der Waals surface area contributed by atoms with Gasteiger partial charge in [0.25, 0.3) is 0 Å². The maximum Gasteiger partial charge on any atom is 0.196 e. The molecule has 2 aromatic rings. The maximum absolute atomic E-state index is 13.5. The molecule has 0 N–H and O–H groups in total. The lowest BCUT2D eigenvalue weighted by Gasteiger charge is -2.04. The molecule has 2 aromatic carbocycles. The Bertz CT molecular complexity index is 628. The van der Waals surface area contributed by atoms with Gasteiger partial charge in [-0.3, -0.25) is 4.79 Å². The Morgan fingerprint density at radius 2 is 1.89 bits per heavy atom. The van der Waals surface area contributed by atoms with E-state index in [1.807, 2.05) is 0 Å². The molecule has 0 spiro atoms. The van der Waals surface area contributed by atoms with E-state index in [2.05, 4.69) is 15.9 Å². The topological polar surface area (TPSA) is 17.1 Å². The van der Waals surface area contributed by atoms with E-state index in [4.69, 9.17) is 11.6 Å². The predicted molar refractivity (Wildman–Crippen MR) is 68.9 cm³/mol. The van der Waals surface area contributed by atoms with E-state index in [1.165, 1.54) is 30.3 Å². The summed E-state index contributed by atoms with van der Waals surface area (Å²) in [5.41, 5.74) is -0.0694. The average Bonchev–Trinajstić information content (AvgIpc) is 2.35. The second-order valence-electron chi connectivity index (χ2n) is 3.56. The van der Waals surface area contributed by atoms with Crippen molar-refractivity contribution in [2.24, 2.45) is 0 Å². The maximum atomic E-state index is 13.5. The first-order valence-electron chi connectivity index (χ1n) is 4.94. The van der Waals surface area contributed by atoms with E-state index in [-0.39, 0.29) is 11.1 Å². The summed E-state index contributed by atoms with van der Waals surface area (Å²) in [4.78, 5) is 12.0. The monoisotopic (exact) mass is 330 g/mol. The van der Waals surface area contributed by atoms with Gasteiger partial charge in [-0.25, -0.2) is 8.78 Å². The van der Waals surface area contributed by atoms with E-state index >= 15 is 0 Å². The minimum atomic E-state index is -1.14. The standard InChI is InChI=1S/C13H6BrClF2O/c14-9-6-7(4-5-10(9)15)13(18)8-2-1-3-11(16)12(8)17/h1-6H. The van der Waals surface area contributed by atoms with Crippen molar-refractivity contribution in [3.63, 3.8) is 0 Å². The van der Waals surface area contributed by atoms with Crippen LogP contribution in [-0.4, -0.2) is 5.78 Å². The summed E-state index contributed by atoms with van der Waals surface area (Å²) < 4.78 is 27.0. The van der Waals surface area contributed by atoms with E-state index in [0.29, 0.717) is 9.50 Å². The highest BCUT2D eigenvalue weighted by atomic mass is 79.9. The molecule has 0 radical (unpaired) electrons. The molecule has 2 rings (SSSR count). The summed E-state index contributed by atoms with van der Waals surface area (Å²) in [6.07, 6.45) is 0. The van der Waals surface area contributed by atoms with Crippen molar-refractivity contribution in [1.29, 1.82) is 0 Å². The zero-order chi connectivity index (χ0) is 13.3. The Hall–Kier alpha value is -1.26. The first kappa shape index (κ1) is 13.2. The SMILES string of the molecule is O=C(c1ccc(Cl)c(Br)c1)c1cccc(F)c1F. The molecule has 0 saturated carbocycles. The van der Waals surface area contributed by atoms with E-state index < -0.39 is 17.4 Å². The second kappa shape index (κ2) is 5.16. The van der Waals surface area contributed by atoms with E-state index in [9.17, 15) is 13.6 Å². The number of hydrogen-bond donors (Lipinski definition) is 0. The highest BCUT2D eigenvalue weighted by molar-refractivity contribution is 9.10. The van der Waals surface area contributed by atoms with Crippen LogP contribution in [0.15, 0.2) is 40.9 Å². The number of carbonyl (C=O) groups excluding carboxylic acids is 1. The molecule has 0 aliphatic carbocycles. The predicted octanol–water partition coefficient (Wildman–Crippen LogP) is 4.61. The first-order chi connectivity index (χ1) is 8.50. The summed E-state index contributed by atoms with van der Waals surface area (Å²) in [6.45, 7) is 0. The second-order valence-corrected chi connectivity index (χ2v) is 4.82. The number of benzene rings is 2. The molecule has 0 heterocycles. The van der Waals surface area contributed by atoms with Crippen LogP contribution >= 0.6 is 27.5 Å². The minimum absolute atomic E-state index is 0.232. The smallest absolute Gasteiger partial charge is 0.196 e. The van der Waals surface area contributed by atoms with Gasteiger partial charge in [0.05, 0.1) is 10.6 Å². The normalized spacial score (nSPS) is 10.4. The summed E-state index contributed by atoms with van der Waals surface area (Å²) in [5.74, 6) is -2.79. The quantitative estimate of drug-likeness (QED) is 0.734. The third-order valence-corrected chi connectivity index (χ3v) is 3.59. The minimum Gasteiger partial charge on any atom is -0.288 e. The molecule has 5 heteroatoms. The molecule has 0 aliphatic rings. The average molecular weight is 332 g/mol. The molecule has 0 atom stereocenters. The zero-order valence-corrected chi connectivity index (χ0v) is 11.2. The number of hydrogen-bond acceptors (Lipinski definition) is 1. The summed E-state index contributed by atoms with van der Waals surface area (Å²) in [7, 11) is 0. The van der Waals surface area contributed by atoms with Crippen molar-refractivity contribution in [3.05, 3.63) is 68.7 Å². The Kier molecular flexibility index (Phi) is 3.78. The van der Waals surface area contributed by atoms with E-state index in [1.54, 1.807) is 0 Å². The lowest BCUT2D eigenvalue weighted by atomic mass is 10.0. The Morgan fingerprint density at radius 3 is 2.56 bits per heavy atom. The number of rotatable bonds is 2. The molecule has 0 unspecified atom stereocenters. The zero-order valence-electron chi connectivity index (χ0n) is 8.88. The molecule has 0 saturated heterocycles. The van der Waals surface area contributed by atoms with Gasteiger partial charge < -0.3 is 0 Å². The number of carbonyl (C=O) groups is 1. The number of ketones is 1. The fourth-order valence-electron chi connectivity index (χ4n) is 1.47. The van der Waals surface area contributed by atoms with Crippen molar-refractivity contribution >= 4 is 33.3 Å². The van der Waals surface area contributed by atoms with E-state index in [0.717, 1.165) is 6.07 Å². The Balaban J connectivity index is 2.48. The van der Waals surface area contributed by atoms with Gasteiger partial charge >= 0.3 is 0 Å². The third kappa shape index (κ3) is 2.44. The fraction of sp³-hybridized carbons (Fsp3) is 0. The van der Waals surface area contributed by atoms with Crippen LogP contribution in [0.1, 0.15) is 15.9 Å². The molecular formula is C13H6BrClF2O. The molecule has 0 bridgehead atoms. The summed E-state index contributed by atoms with van der Waals surface area (Å²) >= 11 is 8.96. The fourth-order valence-corrected chi connectivity index (χ4v) is 1.97. The van der Waals surface area contributed by atoms with Crippen LogP contribution in [0.5, 0.6) is 0 Å². The molecule has 0 aliphatic heterocycles. The highest BCUT2D eigenvalue weighted by Crippen LogP contribution is 2.25. The molecular weight excluding hydrogens is 325 g/mol. The van der Waals surface area contributed by atoms with Gasteiger partial charge in [0.1, 0.15) is 0 Å². The molecule has 92 valence electrons. The van der Waals surface area contributed by atoms with Gasteiger partial charge in [-0.15, -0.1) is 0 Å². The summed E-state index contributed by atoms with van der Waals surface area (Å²) in [5, 5.41) is 0.436. The lowest BCUT2D eigenvalue weighted by Crippen LogP contribution is -2.05. The van der Waals surface area contributed by atoms with Gasteiger partial charge in [0.2, 0.25) is 0 Å². The molecule has 0 amide bonds. The van der Waals surface area contributed by atoms with Crippen molar-refractivity contribution in [2.75, 3.05) is 0 Å². The van der Waals surface area contributed by atoms with Gasteiger partial charge in [-0.2, -0.15) is 0 Å². The van der Waals surface area contributed by atoms with Crippen LogP contribution in [-0.2, 0) is 0 Å². The van der Waals surface area contributed by atoms with Crippen LogP contribution < -0.4 is 0 Å². The van der Waals surface area contributed by atoms with Crippen LogP contribution in [0.25, 0.3) is 0 Å². The lowest BCUT2D eigenvalue weighted by molar-refractivity contribution is 0.103. The summed E-state index contributed by atoms with van der Waals surface area (Å²) in [6, 6.07) is 7.93. The van der Waals surface area contributed by atoms with Crippen LogP contribution in [0.2, 0.25) is 5.02 Å². The van der Waals surface area contributed by atoms with Crippen molar-refractivity contribution < 1.29 is 13.6 Å².